The molecule has 0 aromatic heterocycles. The molecule has 2 aliphatic rings. The fourth-order valence-electron chi connectivity index (χ4n) is 3.68. The first-order chi connectivity index (χ1) is 12.7. The van der Waals surface area contributed by atoms with Crippen LogP contribution in [0.3, 0.4) is 0 Å². The van der Waals surface area contributed by atoms with Crippen LogP contribution >= 0.6 is 0 Å². The summed E-state index contributed by atoms with van der Waals surface area (Å²) in [7, 11) is 0. The predicted molar refractivity (Wildman–Crippen MR) is 93.7 cm³/mol. The van der Waals surface area contributed by atoms with Crippen LogP contribution in [0.1, 0.15) is 43.5 Å². The van der Waals surface area contributed by atoms with E-state index >= 15 is 0 Å². The van der Waals surface area contributed by atoms with E-state index < -0.39 is 12.3 Å². The van der Waals surface area contributed by atoms with Gasteiger partial charge in [-0.05, 0) is 49.8 Å². The normalized spacial score (nSPS) is 21.0. The van der Waals surface area contributed by atoms with Crippen molar-refractivity contribution in [2.75, 3.05) is 13.1 Å². The number of likely N-dealkylation sites (tertiary alicyclic amines) is 1. The number of amides is 1. The van der Waals surface area contributed by atoms with Crippen LogP contribution in [0.4, 0.5) is 8.78 Å². The van der Waals surface area contributed by atoms with E-state index in [1.165, 1.54) is 18.2 Å². The van der Waals surface area contributed by atoms with Crippen LogP contribution in [-0.4, -0.2) is 42.0 Å². The molecule has 0 spiro atoms. The van der Waals surface area contributed by atoms with Gasteiger partial charge in [0.15, 0.2) is 17.3 Å². The molecule has 2 aliphatic heterocycles. The van der Waals surface area contributed by atoms with E-state index in [4.69, 9.17) is 5.73 Å². The summed E-state index contributed by atoms with van der Waals surface area (Å²) in [6.45, 7) is 4.97. The zero-order chi connectivity index (χ0) is 19.8. The Morgan fingerprint density at radius 3 is 2.48 bits per heavy atom. The number of rotatable bonds is 5. The minimum Gasteiger partial charge on any atom is -0.395 e. The number of alkyl halides is 2. The van der Waals surface area contributed by atoms with Crippen LogP contribution in [-0.2, 0) is 4.79 Å². The highest BCUT2D eigenvalue weighted by atomic mass is 19.3. The third-order valence-electron chi connectivity index (χ3n) is 5.28. The largest absolute Gasteiger partial charge is 0.586 e. The molecule has 6 nitrogen and oxygen atoms in total. The molecule has 1 fully saturated rings. The third-order valence-corrected chi connectivity index (χ3v) is 5.28. The van der Waals surface area contributed by atoms with Gasteiger partial charge in [-0.15, -0.1) is 8.78 Å². The number of halogens is 2. The highest BCUT2D eigenvalue weighted by Crippen LogP contribution is 2.41. The first-order valence-electron chi connectivity index (χ1n) is 9.14. The van der Waals surface area contributed by atoms with E-state index in [-0.39, 0.29) is 29.1 Å². The van der Waals surface area contributed by atoms with Crippen molar-refractivity contribution in [1.82, 2.24) is 4.90 Å². The summed E-state index contributed by atoms with van der Waals surface area (Å²) in [5.41, 5.74) is 5.97. The fraction of sp³-hybridized carbons (Fsp3) is 0.579. The SMILES string of the molecule is CC(CC(=O)c1ccc2c(c1)OC(F)(F)O2)C1CCN(C(=O)[C@H](C)N)CC1. The Morgan fingerprint density at radius 2 is 1.85 bits per heavy atom. The van der Waals surface area contributed by atoms with Crippen molar-refractivity contribution in [3.8, 4) is 11.5 Å². The smallest absolute Gasteiger partial charge is 0.395 e. The van der Waals surface area contributed by atoms with Crippen LogP contribution < -0.4 is 15.2 Å². The fourth-order valence-corrected chi connectivity index (χ4v) is 3.68. The molecule has 1 unspecified atom stereocenters. The maximum absolute atomic E-state index is 13.1. The second kappa shape index (κ2) is 7.42. The summed E-state index contributed by atoms with van der Waals surface area (Å²) in [6.07, 6.45) is -1.74. The van der Waals surface area contributed by atoms with Crippen LogP contribution in [0.15, 0.2) is 18.2 Å². The van der Waals surface area contributed by atoms with Gasteiger partial charge < -0.3 is 20.1 Å². The highest BCUT2D eigenvalue weighted by molar-refractivity contribution is 5.96. The molecule has 2 atom stereocenters. The van der Waals surface area contributed by atoms with E-state index in [1.807, 2.05) is 6.92 Å². The summed E-state index contributed by atoms with van der Waals surface area (Å²) in [5, 5.41) is 0. The highest BCUT2D eigenvalue weighted by Gasteiger charge is 2.43. The number of nitrogens with two attached hydrogens (primary N) is 1. The number of ether oxygens (including phenoxy) is 2. The maximum atomic E-state index is 13.1. The number of hydrogen-bond donors (Lipinski definition) is 1. The monoisotopic (exact) mass is 382 g/mol. The first-order valence-corrected chi connectivity index (χ1v) is 9.14. The third kappa shape index (κ3) is 4.37. The topological polar surface area (TPSA) is 81.9 Å². The van der Waals surface area contributed by atoms with E-state index in [9.17, 15) is 18.4 Å². The molecule has 1 saturated heterocycles. The van der Waals surface area contributed by atoms with E-state index in [0.29, 0.717) is 31.0 Å². The number of carbonyl (C=O) groups excluding carboxylic acids is 2. The average Bonchev–Trinajstić information content (AvgIpc) is 2.93. The first kappa shape index (κ1) is 19.5. The molecule has 2 heterocycles. The Balaban J connectivity index is 1.55. The maximum Gasteiger partial charge on any atom is 0.586 e. The Labute approximate surface area is 156 Å². The molecule has 0 saturated carbocycles. The van der Waals surface area contributed by atoms with Gasteiger partial charge in [-0.2, -0.15) is 0 Å². The molecule has 0 aliphatic carbocycles. The molecule has 1 aromatic carbocycles. The molecule has 27 heavy (non-hydrogen) atoms. The second-order valence-electron chi connectivity index (χ2n) is 7.38. The van der Waals surface area contributed by atoms with Gasteiger partial charge in [0, 0.05) is 25.1 Å². The molecule has 1 aromatic rings. The lowest BCUT2D eigenvalue weighted by Crippen LogP contribution is -2.46. The van der Waals surface area contributed by atoms with Gasteiger partial charge in [-0.1, -0.05) is 6.92 Å². The Hall–Kier alpha value is -2.22. The van der Waals surface area contributed by atoms with Crippen LogP contribution in [0.25, 0.3) is 0 Å². The molecule has 0 radical (unpaired) electrons. The quantitative estimate of drug-likeness (QED) is 0.792. The van der Waals surface area contributed by atoms with Crippen molar-refractivity contribution in [3.63, 3.8) is 0 Å². The zero-order valence-corrected chi connectivity index (χ0v) is 15.4. The van der Waals surface area contributed by atoms with Crippen LogP contribution in [0.5, 0.6) is 11.5 Å². The predicted octanol–water partition coefficient (Wildman–Crippen LogP) is 2.80. The number of carbonyl (C=O) groups is 2. The number of hydrogen-bond acceptors (Lipinski definition) is 5. The van der Waals surface area contributed by atoms with Crippen molar-refractivity contribution in [2.24, 2.45) is 17.6 Å². The zero-order valence-electron chi connectivity index (χ0n) is 15.4. The summed E-state index contributed by atoms with van der Waals surface area (Å²) >= 11 is 0. The number of piperidine rings is 1. The lowest BCUT2D eigenvalue weighted by atomic mass is 9.82. The number of Topliss-reactive ketones (excluding diaryl/α,β-unsaturated/α-hetero) is 1. The van der Waals surface area contributed by atoms with Crippen molar-refractivity contribution in [1.29, 1.82) is 0 Å². The van der Waals surface area contributed by atoms with Gasteiger partial charge in [0.1, 0.15) is 0 Å². The van der Waals surface area contributed by atoms with Gasteiger partial charge in [-0.3, -0.25) is 9.59 Å². The lowest BCUT2D eigenvalue weighted by Gasteiger charge is -2.35. The van der Waals surface area contributed by atoms with Gasteiger partial charge in [0.2, 0.25) is 5.91 Å². The Morgan fingerprint density at radius 1 is 1.22 bits per heavy atom. The standard InChI is InChI=1S/C19H24F2N2O4/c1-11(13-5-7-23(8-6-13)18(25)12(2)22)9-15(24)14-3-4-16-17(10-14)27-19(20,21)26-16/h3-4,10-13H,5-9,22H2,1-2H3/t11?,12-/m0/s1. The average molecular weight is 382 g/mol. The second-order valence-corrected chi connectivity index (χ2v) is 7.38. The van der Waals surface area contributed by atoms with E-state index in [1.54, 1.807) is 11.8 Å². The van der Waals surface area contributed by atoms with Gasteiger partial charge in [0.05, 0.1) is 6.04 Å². The van der Waals surface area contributed by atoms with Crippen molar-refractivity contribution >= 4 is 11.7 Å². The molecule has 1 amide bonds. The van der Waals surface area contributed by atoms with Crippen molar-refractivity contribution < 1.29 is 27.8 Å². The number of ketones is 1. The number of fused-ring (bicyclic) bond motifs is 1. The number of benzene rings is 1. The summed E-state index contributed by atoms with van der Waals surface area (Å²) in [4.78, 5) is 26.3. The lowest BCUT2D eigenvalue weighted by molar-refractivity contribution is -0.286. The Kier molecular flexibility index (Phi) is 5.37. The van der Waals surface area contributed by atoms with Gasteiger partial charge in [-0.25, -0.2) is 0 Å². The van der Waals surface area contributed by atoms with Crippen molar-refractivity contribution in [2.45, 2.75) is 45.4 Å². The molecular formula is C19H24F2N2O4. The summed E-state index contributed by atoms with van der Waals surface area (Å²) < 4.78 is 34.9. The van der Waals surface area contributed by atoms with Crippen molar-refractivity contribution in [3.05, 3.63) is 23.8 Å². The minimum atomic E-state index is -3.69. The van der Waals surface area contributed by atoms with Gasteiger partial charge in [0.25, 0.3) is 0 Å². The molecule has 3 rings (SSSR count). The molecule has 8 heteroatoms. The molecule has 148 valence electrons. The van der Waals surface area contributed by atoms with Crippen LogP contribution in [0.2, 0.25) is 0 Å². The van der Waals surface area contributed by atoms with E-state index in [2.05, 4.69) is 9.47 Å². The minimum absolute atomic E-state index is 0.0469. The molecular weight excluding hydrogens is 358 g/mol. The summed E-state index contributed by atoms with van der Waals surface area (Å²) in [5.74, 6) is 0.0749. The summed E-state index contributed by atoms with van der Waals surface area (Å²) in [6, 6.07) is 3.60. The molecule has 0 bridgehead atoms. The molecule has 2 N–H and O–H groups in total. The van der Waals surface area contributed by atoms with Crippen LogP contribution in [0, 0.1) is 11.8 Å². The van der Waals surface area contributed by atoms with E-state index in [0.717, 1.165) is 12.8 Å². The Bertz CT molecular complexity index is 730. The number of nitrogens with zero attached hydrogens (tertiary/aromatic N) is 1. The van der Waals surface area contributed by atoms with Gasteiger partial charge >= 0.3 is 6.29 Å².